The molecule has 1 fully saturated rings. The molecule has 0 bridgehead atoms. The Morgan fingerprint density at radius 1 is 1.15 bits per heavy atom. The number of aliphatic hydroxyl groups is 1. The third-order valence-electron chi connectivity index (χ3n) is 3.75. The summed E-state index contributed by atoms with van der Waals surface area (Å²) in [7, 11) is 0. The maximum absolute atomic E-state index is 12.0. The zero-order chi connectivity index (χ0) is 14.8. The first kappa shape index (κ1) is 15.1. The van der Waals surface area contributed by atoms with E-state index in [1.165, 1.54) is 24.3 Å². The minimum Gasteiger partial charge on any atom is -0.406 e. The second-order valence-corrected chi connectivity index (χ2v) is 5.18. The number of hydrogen-bond donors (Lipinski definition) is 2. The Balaban J connectivity index is 2.01. The number of ether oxygens (including phenoxy) is 1. The van der Waals surface area contributed by atoms with Gasteiger partial charge in [0, 0.05) is 0 Å². The highest BCUT2D eigenvalue weighted by atomic mass is 19.4. The molecule has 1 aromatic rings. The van der Waals surface area contributed by atoms with Crippen molar-refractivity contribution in [2.75, 3.05) is 0 Å². The Morgan fingerprint density at radius 2 is 1.70 bits per heavy atom. The monoisotopic (exact) mass is 289 g/mol. The average Bonchev–Trinajstić information content (AvgIpc) is 2.90. The lowest BCUT2D eigenvalue weighted by atomic mass is 9.91. The molecule has 2 rings (SSSR count). The van der Waals surface area contributed by atoms with Crippen molar-refractivity contribution in [3.8, 4) is 5.75 Å². The number of benzene rings is 1. The number of alkyl halides is 3. The molecule has 0 aromatic heterocycles. The molecule has 0 radical (unpaired) electrons. The van der Waals surface area contributed by atoms with Crippen LogP contribution in [0.3, 0.4) is 0 Å². The van der Waals surface area contributed by atoms with Gasteiger partial charge in [0.05, 0.1) is 12.1 Å². The fraction of sp³-hybridized carbons (Fsp3) is 0.571. The summed E-state index contributed by atoms with van der Waals surface area (Å²) in [6, 6.07) is 4.76. The Kier molecular flexibility index (Phi) is 4.55. The zero-order valence-electron chi connectivity index (χ0n) is 10.9. The standard InChI is InChI=1S/C14H18F3NO2/c15-14(16,17)20-11-7-5-9(6-8-11)12(18)13(19)10-3-1-2-4-10/h5-8,10,12-13,19H,1-4,18H2/t12-,13+/m1/s1. The van der Waals surface area contributed by atoms with Gasteiger partial charge in [-0.2, -0.15) is 0 Å². The molecule has 112 valence electrons. The largest absolute Gasteiger partial charge is 0.573 e. The lowest BCUT2D eigenvalue weighted by molar-refractivity contribution is -0.274. The normalized spacial score (nSPS) is 19.9. The van der Waals surface area contributed by atoms with Crippen LogP contribution in [0.15, 0.2) is 24.3 Å². The highest BCUT2D eigenvalue weighted by molar-refractivity contribution is 5.29. The molecule has 0 unspecified atom stereocenters. The molecule has 6 heteroatoms. The van der Waals surface area contributed by atoms with E-state index >= 15 is 0 Å². The van der Waals surface area contributed by atoms with Gasteiger partial charge in [-0.1, -0.05) is 25.0 Å². The van der Waals surface area contributed by atoms with Crippen molar-refractivity contribution < 1.29 is 23.0 Å². The molecule has 1 aliphatic carbocycles. The number of hydrogen-bond acceptors (Lipinski definition) is 3. The lowest BCUT2D eigenvalue weighted by Crippen LogP contribution is -2.31. The molecule has 3 N–H and O–H groups in total. The smallest absolute Gasteiger partial charge is 0.406 e. The van der Waals surface area contributed by atoms with Gasteiger partial charge in [0.2, 0.25) is 0 Å². The molecule has 3 nitrogen and oxygen atoms in total. The molecular formula is C14H18F3NO2. The van der Waals surface area contributed by atoms with Crippen molar-refractivity contribution in [3.05, 3.63) is 29.8 Å². The first-order valence-electron chi connectivity index (χ1n) is 6.66. The van der Waals surface area contributed by atoms with Crippen molar-refractivity contribution in [1.29, 1.82) is 0 Å². The molecule has 1 saturated carbocycles. The van der Waals surface area contributed by atoms with Gasteiger partial charge in [-0.25, -0.2) is 0 Å². The number of halogens is 3. The molecule has 0 saturated heterocycles. The number of rotatable bonds is 4. The van der Waals surface area contributed by atoms with E-state index in [2.05, 4.69) is 4.74 Å². The van der Waals surface area contributed by atoms with Crippen LogP contribution in [0, 0.1) is 5.92 Å². The quantitative estimate of drug-likeness (QED) is 0.895. The Morgan fingerprint density at radius 3 is 2.20 bits per heavy atom. The first-order chi connectivity index (χ1) is 9.37. The summed E-state index contributed by atoms with van der Waals surface area (Å²) in [5, 5.41) is 10.2. The van der Waals surface area contributed by atoms with Crippen molar-refractivity contribution in [3.63, 3.8) is 0 Å². The fourth-order valence-electron chi connectivity index (χ4n) is 2.68. The van der Waals surface area contributed by atoms with Crippen LogP contribution in [0.2, 0.25) is 0 Å². The van der Waals surface area contributed by atoms with Gasteiger partial charge >= 0.3 is 6.36 Å². The molecule has 0 amide bonds. The second kappa shape index (κ2) is 6.01. The topological polar surface area (TPSA) is 55.5 Å². The summed E-state index contributed by atoms with van der Waals surface area (Å²) < 4.78 is 39.9. The van der Waals surface area contributed by atoms with Gasteiger partial charge in [-0.05, 0) is 36.5 Å². The molecule has 0 aliphatic heterocycles. The molecular weight excluding hydrogens is 271 g/mol. The Labute approximate surface area is 115 Å². The van der Waals surface area contributed by atoms with Gasteiger partial charge < -0.3 is 15.6 Å². The maximum atomic E-state index is 12.0. The number of aliphatic hydroxyl groups excluding tert-OH is 1. The summed E-state index contributed by atoms with van der Waals surface area (Å²) in [6.45, 7) is 0. The van der Waals surface area contributed by atoms with Crippen molar-refractivity contribution in [2.24, 2.45) is 11.7 Å². The van der Waals surface area contributed by atoms with Gasteiger partial charge in [0.15, 0.2) is 0 Å². The Bertz CT molecular complexity index is 427. The van der Waals surface area contributed by atoms with Crippen LogP contribution in [-0.2, 0) is 0 Å². The number of nitrogens with two attached hydrogens (primary N) is 1. The van der Waals surface area contributed by atoms with Crippen LogP contribution in [-0.4, -0.2) is 17.6 Å². The van der Waals surface area contributed by atoms with Crippen molar-refractivity contribution >= 4 is 0 Å². The highest BCUT2D eigenvalue weighted by Crippen LogP contribution is 2.33. The van der Waals surface area contributed by atoms with E-state index in [1.54, 1.807) is 0 Å². The predicted octanol–water partition coefficient (Wildman–Crippen LogP) is 3.14. The SMILES string of the molecule is N[C@H](c1ccc(OC(F)(F)F)cc1)[C@@H](O)C1CCCC1. The summed E-state index contributed by atoms with van der Waals surface area (Å²) in [5.74, 6) is -0.111. The van der Waals surface area contributed by atoms with E-state index in [4.69, 9.17) is 5.73 Å². The average molecular weight is 289 g/mol. The molecule has 2 atom stereocenters. The molecule has 0 spiro atoms. The molecule has 1 aliphatic rings. The van der Waals surface area contributed by atoms with E-state index in [1.807, 2.05) is 0 Å². The second-order valence-electron chi connectivity index (χ2n) is 5.18. The summed E-state index contributed by atoms with van der Waals surface area (Å²) >= 11 is 0. The van der Waals surface area contributed by atoms with Gasteiger partial charge in [0.25, 0.3) is 0 Å². The minimum absolute atomic E-state index is 0.177. The van der Waals surface area contributed by atoms with Crippen LogP contribution >= 0.6 is 0 Å². The van der Waals surface area contributed by atoms with Gasteiger partial charge in [-0.3, -0.25) is 0 Å². The van der Waals surface area contributed by atoms with Gasteiger partial charge in [0.1, 0.15) is 5.75 Å². The first-order valence-corrected chi connectivity index (χ1v) is 6.66. The van der Waals surface area contributed by atoms with Crippen LogP contribution in [0.25, 0.3) is 0 Å². The van der Waals surface area contributed by atoms with E-state index < -0.39 is 18.5 Å². The van der Waals surface area contributed by atoms with Crippen LogP contribution in [0.5, 0.6) is 5.75 Å². The molecule has 0 heterocycles. The van der Waals surface area contributed by atoms with Crippen molar-refractivity contribution in [2.45, 2.75) is 44.2 Å². The third-order valence-corrected chi connectivity index (χ3v) is 3.75. The van der Waals surface area contributed by atoms with Crippen LogP contribution in [0.1, 0.15) is 37.3 Å². The van der Waals surface area contributed by atoms with Crippen LogP contribution < -0.4 is 10.5 Å². The molecule has 20 heavy (non-hydrogen) atoms. The maximum Gasteiger partial charge on any atom is 0.573 e. The molecule has 1 aromatic carbocycles. The van der Waals surface area contributed by atoms with E-state index in [-0.39, 0.29) is 11.7 Å². The third kappa shape index (κ3) is 3.86. The lowest BCUT2D eigenvalue weighted by Gasteiger charge is -2.24. The van der Waals surface area contributed by atoms with Crippen LogP contribution in [0.4, 0.5) is 13.2 Å². The summed E-state index contributed by atoms with van der Waals surface area (Å²) in [5.41, 5.74) is 6.59. The summed E-state index contributed by atoms with van der Waals surface area (Å²) in [4.78, 5) is 0. The minimum atomic E-state index is -4.70. The van der Waals surface area contributed by atoms with E-state index in [0.29, 0.717) is 5.56 Å². The van der Waals surface area contributed by atoms with E-state index in [9.17, 15) is 18.3 Å². The Hall–Kier alpha value is -1.27. The van der Waals surface area contributed by atoms with Gasteiger partial charge in [-0.15, -0.1) is 13.2 Å². The highest BCUT2D eigenvalue weighted by Gasteiger charge is 2.31. The summed E-state index contributed by atoms with van der Waals surface area (Å²) in [6.07, 6.45) is -1.28. The zero-order valence-corrected chi connectivity index (χ0v) is 10.9. The predicted molar refractivity (Wildman–Crippen MR) is 68.0 cm³/mol. The van der Waals surface area contributed by atoms with Crippen molar-refractivity contribution in [1.82, 2.24) is 0 Å². The van der Waals surface area contributed by atoms with E-state index in [0.717, 1.165) is 25.7 Å². The fourth-order valence-corrected chi connectivity index (χ4v) is 2.68.